The van der Waals surface area contributed by atoms with Crippen LogP contribution in [0.4, 0.5) is 0 Å². The lowest BCUT2D eigenvalue weighted by Crippen LogP contribution is -2.48. The summed E-state index contributed by atoms with van der Waals surface area (Å²) in [5.74, 6) is 0.379. The van der Waals surface area contributed by atoms with E-state index in [1.807, 2.05) is 4.90 Å². The molecule has 0 aromatic carbocycles. The molecule has 0 bridgehead atoms. The van der Waals surface area contributed by atoms with Crippen LogP contribution in [0, 0.1) is 11.3 Å². The average Bonchev–Trinajstić information content (AvgIpc) is 2.93. The van der Waals surface area contributed by atoms with Crippen LogP contribution in [0.3, 0.4) is 0 Å². The Hall–Kier alpha value is -1.80. The highest BCUT2D eigenvalue weighted by Gasteiger charge is 2.23. The summed E-state index contributed by atoms with van der Waals surface area (Å²) in [5, 5.41) is 8.48. The second-order valence-electron chi connectivity index (χ2n) is 4.37. The van der Waals surface area contributed by atoms with Gasteiger partial charge < -0.3 is 9.32 Å². The van der Waals surface area contributed by atoms with Crippen molar-refractivity contribution >= 4 is 5.91 Å². The van der Waals surface area contributed by atoms with Crippen molar-refractivity contribution < 1.29 is 9.21 Å². The summed E-state index contributed by atoms with van der Waals surface area (Å²) in [5.41, 5.74) is 0. The third kappa shape index (κ3) is 3.11. The third-order valence-electron chi connectivity index (χ3n) is 3.15. The van der Waals surface area contributed by atoms with Gasteiger partial charge in [-0.2, -0.15) is 5.26 Å². The number of amides is 1. The molecule has 96 valence electrons. The van der Waals surface area contributed by atoms with E-state index in [0.717, 1.165) is 39.1 Å². The molecule has 5 nitrogen and oxygen atoms in total. The first kappa shape index (κ1) is 12.7. The zero-order chi connectivity index (χ0) is 12.8. The fraction of sp³-hybridized carbons (Fsp3) is 0.538. The normalized spacial score (nSPS) is 16.5. The number of hydrogen-bond acceptors (Lipinski definition) is 4. The van der Waals surface area contributed by atoms with Crippen LogP contribution in [0.1, 0.15) is 23.4 Å². The number of carbonyl (C=O) groups excluding carboxylic acids is 1. The lowest BCUT2D eigenvalue weighted by Gasteiger charge is -2.34. The second-order valence-corrected chi connectivity index (χ2v) is 4.37. The van der Waals surface area contributed by atoms with Gasteiger partial charge in [-0.3, -0.25) is 9.69 Å². The van der Waals surface area contributed by atoms with Crippen LogP contribution in [-0.2, 0) is 0 Å². The van der Waals surface area contributed by atoms with Crippen LogP contribution in [0.2, 0.25) is 0 Å². The number of unbranched alkanes of at least 4 members (excludes halogenated alkanes) is 1. The molecule has 0 aliphatic carbocycles. The van der Waals surface area contributed by atoms with E-state index in [1.54, 1.807) is 12.1 Å². The van der Waals surface area contributed by atoms with Crippen LogP contribution in [0.5, 0.6) is 0 Å². The number of nitriles is 1. The van der Waals surface area contributed by atoms with Crippen LogP contribution >= 0.6 is 0 Å². The zero-order valence-electron chi connectivity index (χ0n) is 10.3. The number of rotatable bonds is 4. The minimum Gasteiger partial charge on any atom is -0.459 e. The SMILES string of the molecule is N#CCCCN1CCN(C(=O)c2ccco2)CC1. The summed E-state index contributed by atoms with van der Waals surface area (Å²) < 4.78 is 5.11. The van der Waals surface area contributed by atoms with Gasteiger partial charge in [0.1, 0.15) is 0 Å². The molecule has 1 aromatic heterocycles. The molecule has 0 unspecified atom stereocenters. The van der Waals surface area contributed by atoms with Crippen LogP contribution < -0.4 is 0 Å². The van der Waals surface area contributed by atoms with E-state index in [9.17, 15) is 4.79 Å². The Morgan fingerprint density at radius 1 is 1.39 bits per heavy atom. The Kier molecular flexibility index (Phi) is 4.37. The molecule has 0 spiro atoms. The largest absolute Gasteiger partial charge is 0.459 e. The summed E-state index contributed by atoms with van der Waals surface area (Å²) in [6.07, 6.45) is 3.03. The van der Waals surface area contributed by atoms with Crippen molar-refractivity contribution in [1.29, 1.82) is 5.26 Å². The number of piperazine rings is 1. The van der Waals surface area contributed by atoms with Crippen molar-refractivity contribution in [2.24, 2.45) is 0 Å². The summed E-state index contributed by atoms with van der Waals surface area (Å²) in [4.78, 5) is 16.1. The fourth-order valence-corrected chi connectivity index (χ4v) is 2.11. The molecule has 1 aromatic rings. The quantitative estimate of drug-likeness (QED) is 0.753. The molecule has 1 aliphatic heterocycles. The smallest absolute Gasteiger partial charge is 0.289 e. The Balaban J connectivity index is 1.77. The van der Waals surface area contributed by atoms with E-state index in [-0.39, 0.29) is 5.91 Å². The third-order valence-corrected chi connectivity index (χ3v) is 3.15. The standard InChI is InChI=1S/C13H17N3O2/c14-5-1-2-6-15-7-9-16(10-8-15)13(17)12-4-3-11-18-12/h3-4,11H,1-2,6-10H2. The van der Waals surface area contributed by atoms with E-state index in [0.29, 0.717) is 12.2 Å². The summed E-state index contributed by atoms with van der Waals surface area (Å²) >= 11 is 0. The monoisotopic (exact) mass is 247 g/mol. The van der Waals surface area contributed by atoms with Crippen LogP contribution in [0.15, 0.2) is 22.8 Å². The summed E-state index contributed by atoms with van der Waals surface area (Å²) in [7, 11) is 0. The van der Waals surface area contributed by atoms with E-state index < -0.39 is 0 Å². The van der Waals surface area contributed by atoms with Gasteiger partial charge in [0.25, 0.3) is 5.91 Å². The van der Waals surface area contributed by atoms with Gasteiger partial charge >= 0.3 is 0 Å². The summed E-state index contributed by atoms with van der Waals surface area (Å²) in [6.45, 7) is 4.14. The molecule has 0 atom stereocenters. The number of hydrogen-bond donors (Lipinski definition) is 0. The van der Waals surface area contributed by atoms with Crippen LogP contribution in [0.25, 0.3) is 0 Å². The van der Waals surface area contributed by atoms with E-state index in [1.165, 1.54) is 6.26 Å². The van der Waals surface area contributed by atoms with Crippen molar-refractivity contribution in [3.63, 3.8) is 0 Å². The maximum Gasteiger partial charge on any atom is 0.289 e. The van der Waals surface area contributed by atoms with Crippen molar-refractivity contribution in [3.05, 3.63) is 24.2 Å². The molecular weight excluding hydrogens is 230 g/mol. The molecule has 0 saturated carbocycles. The first-order chi connectivity index (χ1) is 8.81. The first-order valence-electron chi connectivity index (χ1n) is 6.23. The lowest BCUT2D eigenvalue weighted by molar-refractivity contribution is 0.0605. The number of nitrogens with zero attached hydrogens (tertiary/aromatic N) is 3. The van der Waals surface area contributed by atoms with Gasteiger partial charge in [-0.1, -0.05) is 0 Å². The molecule has 5 heteroatoms. The molecular formula is C13H17N3O2. The van der Waals surface area contributed by atoms with Crippen molar-refractivity contribution in [2.45, 2.75) is 12.8 Å². The maximum atomic E-state index is 12.0. The van der Waals surface area contributed by atoms with Crippen molar-refractivity contribution in [1.82, 2.24) is 9.80 Å². The fourth-order valence-electron chi connectivity index (χ4n) is 2.11. The van der Waals surface area contributed by atoms with Crippen molar-refractivity contribution in [3.8, 4) is 6.07 Å². The molecule has 1 amide bonds. The van der Waals surface area contributed by atoms with Crippen molar-refractivity contribution in [2.75, 3.05) is 32.7 Å². The highest BCUT2D eigenvalue weighted by Crippen LogP contribution is 2.09. The zero-order valence-corrected chi connectivity index (χ0v) is 10.3. The topological polar surface area (TPSA) is 60.5 Å². The number of carbonyl (C=O) groups is 1. The maximum absolute atomic E-state index is 12.0. The average molecular weight is 247 g/mol. The predicted octanol–water partition coefficient (Wildman–Crippen LogP) is 1.34. The molecule has 0 N–H and O–H groups in total. The van der Waals surface area contributed by atoms with Gasteiger partial charge in [0.2, 0.25) is 0 Å². The highest BCUT2D eigenvalue weighted by molar-refractivity contribution is 5.91. The molecule has 18 heavy (non-hydrogen) atoms. The van der Waals surface area contributed by atoms with E-state index >= 15 is 0 Å². The minimum absolute atomic E-state index is 0.0309. The molecule has 1 saturated heterocycles. The van der Waals surface area contributed by atoms with E-state index in [2.05, 4.69) is 11.0 Å². The van der Waals surface area contributed by atoms with Gasteiger partial charge in [0.05, 0.1) is 12.3 Å². The van der Waals surface area contributed by atoms with Gasteiger partial charge in [-0.15, -0.1) is 0 Å². The molecule has 2 heterocycles. The van der Waals surface area contributed by atoms with E-state index in [4.69, 9.17) is 9.68 Å². The molecule has 1 aliphatic rings. The van der Waals surface area contributed by atoms with Gasteiger partial charge in [-0.25, -0.2) is 0 Å². The molecule has 0 radical (unpaired) electrons. The minimum atomic E-state index is -0.0309. The summed E-state index contributed by atoms with van der Waals surface area (Å²) in [6, 6.07) is 5.57. The Labute approximate surface area is 107 Å². The van der Waals surface area contributed by atoms with Crippen LogP contribution in [-0.4, -0.2) is 48.4 Å². The van der Waals surface area contributed by atoms with Gasteiger partial charge in [-0.05, 0) is 25.1 Å². The Morgan fingerprint density at radius 2 is 2.17 bits per heavy atom. The number of furan rings is 1. The second kappa shape index (κ2) is 6.22. The van der Waals surface area contributed by atoms with Gasteiger partial charge in [0.15, 0.2) is 5.76 Å². The predicted molar refractivity (Wildman–Crippen MR) is 65.9 cm³/mol. The molecule has 2 rings (SSSR count). The Morgan fingerprint density at radius 3 is 2.78 bits per heavy atom. The van der Waals surface area contributed by atoms with Gasteiger partial charge in [0, 0.05) is 32.6 Å². The molecule has 1 fully saturated rings. The Bertz CT molecular complexity index is 414. The highest BCUT2D eigenvalue weighted by atomic mass is 16.3. The lowest BCUT2D eigenvalue weighted by atomic mass is 10.2. The first-order valence-corrected chi connectivity index (χ1v) is 6.23.